The SMILES string of the molecule is Cc1nn(-c2cccc(Cl)c2)c2c1C(c1cccnc1)C1=C(CC(C)(C)CC1=O)N2. The second-order valence-corrected chi connectivity index (χ2v) is 9.35. The zero-order valence-corrected chi connectivity index (χ0v) is 18.0. The molecule has 1 aromatic carbocycles. The van der Waals surface area contributed by atoms with Crippen LogP contribution in [0.1, 0.15) is 49.4 Å². The molecule has 0 saturated carbocycles. The lowest BCUT2D eigenvalue weighted by Crippen LogP contribution is -2.34. The van der Waals surface area contributed by atoms with Gasteiger partial charge in [-0.1, -0.05) is 37.6 Å². The predicted octanol–water partition coefficient (Wildman–Crippen LogP) is 5.43. The van der Waals surface area contributed by atoms with Crippen molar-refractivity contribution in [1.82, 2.24) is 14.8 Å². The zero-order chi connectivity index (χ0) is 21.0. The molecule has 1 atom stereocenters. The zero-order valence-electron chi connectivity index (χ0n) is 17.2. The number of allylic oxidation sites excluding steroid dienone is 2. The number of benzene rings is 1. The Hall–Kier alpha value is -2.92. The van der Waals surface area contributed by atoms with Gasteiger partial charge >= 0.3 is 0 Å². The highest BCUT2D eigenvalue weighted by atomic mass is 35.5. The highest BCUT2D eigenvalue weighted by Crippen LogP contribution is 2.50. The van der Waals surface area contributed by atoms with Crippen LogP contribution in [0.5, 0.6) is 0 Å². The Balaban J connectivity index is 1.76. The van der Waals surface area contributed by atoms with Gasteiger partial charge in [-0.3, -0.25) is 9.78 Å². The molecule has 2 aromatic heterocycles. The number of carbonyl (C=O) groups excluding carboxylic acids is 1. The van der Waals surface area contributed by atoms with Crippen molar-refractivity contribution in [3.05, 3.63) is 81.9 Å². The van der Waals surface area contributed by atoms with Crippen LogP contribution in [0.3, 0.4) is 0 Å². The lowest BCUT2D eigenvalue weighted by molar-refractivity contribution is -0.118. The van der Waals surface area contributed by atoms with E-state index in [1.54, 1.807) is 6.20 Å². The molecule has 3 heterocycles. The number of nitrogens with zero attached hydrogens (tertiary/aromatic N) is 3. The average Bonchev–Trinajstić information content (AvgIpc) is 3.02. The topological polar surface area (TPSA) is 59.8 Å². The largest absolute Gasteiger partial charge is 0.343 e. The van der Waals surface area contributed by atoms with Crippen molar-refractivity contribution in [2.75, 3.05) is 5.32 Å². The monoisotopic (exact) mass is 418 g/mol. The van der Waals surface area contributed by atoms with Gasteiger partial charge in [0, 0.05) is 46.6 Å². The number of pyridine rings is 1. The summed E-state index contributed by atoms with van der Waals surface area (Å²) < 4.78 is 1.90. The molecule has 1 aliphatic heterocycles. The fraction of sp³-hybridized carbons (Fsp3) is 0.292. The van der Waals surface area contributed by atoms with Crippen LogP contribution in [0.15, 0.2) is 60.1 Å². The van der Waals surface area contributed by atoms with E-state index in [0.717, 1.165) is 46.0 Å². The van der Waals surface area contributed by atoms with Crippen molar-refractivity contribution in [3.63, 3.8) is 0 Å². The van der Waals surface area contributed by atoms with Crippen molar-refractivity contribution in [3.8, 4) is 5.69 Å². The smallest absolute Gasteiger partial charge is 0.162 e. The van der Waals surface area contributed by atoms with Gasteiger partial charge in [-0.05, 0) is 48.6 Å². The molecule has 5 rings (SSSR count). The molecule has 3 aromatic rings. The summed E-state index contributed by atoms with van der Waals surface area (Å²) in [6, 6.07) is 11.6. The van der Waals surface area contributed by atoms with Crippen molar-refractivity contribution >= 4 is 23.2 Å². The number of fused-ring (bicyclic) bond motifs is 1. The number of hydrogen-bond acceptors (Lipinski definition) is 4. The highest BCUT2D eigenvalue weighted by Gasteiger charge is 2.43. The molecule has 0 spiro atoms. The Bertz CT molecular complexity index is 1190. The molecule has 1 aliphatic carbocycles. The molecule has 152 valence electrons. The molecule has 0 fully saturated rings. The first kappa shape index (κ1) is 19.1. The maximum atomic E-state index is 13.3. The van der Waals surface area contributed by atoms with Crippen molar-refractivity contribution in [2.45, 2.75) is 39.5 Å². The summed E-state index contributed by atoms with van der Waals surface area (Å²) in [7, 11) is 0. The summed E-state index contributed by atoms with van der Waals surface area (Å²) in [5.41, 5.74) is 5.55. The minimum atomic E-state index is -0.179. The van der Waals surface area contributed by atoms with Crippen LogP contribution in [0.4, 0.5) is 5.82 Å². The van der Waals surface area contributed by atoms with Gasteiger partial charge < -0.3 is 5.32 Å². The van der Waals surface area contributed by atoms with E-state index in [1.165, 1.54) is 0 Å². The minimum absolute atomic E-state index is 0.0874. The molecule has 0 radical (unpaired) electrons. The maximum absolute atomic E-state index is 13.3. The van der Waals surface area contributed by atoms with E-state index in [9.17, 15) is 4.79 Å². The molecule has 0 saturated heterocycles. The van der Waals surface area contributed by atoms with Gasteiger partial charge in [0.2, 0.25) is 0 Å². The number of aromatic nitrogens is 3. The van der Waals surface area contributed by atoms with Gasteiger partial charge in [0.05, 0.1) is 11.4 Å². The summed E-state index contributed by atoms with van der Waals surface area (Å²) in [4.78, 5) is 17.6. The second kappa shape index (κ2) is 6.81. The van der Waals surface area contributed by atoms with Crippen molar-refractivity contribution < 1.29 is 4.79 Å². The first-order chi connectivity index (χ1) is 14.3. The molecule has 0 amide bonds. The number of anilines is 1. The van der Waals surface area contributed by atoms with E-state index in [-0.39, 0.29) is 17.1 Å². The van der Waals surface area contributed by atoms with Crippen molar-refractivity contribution in [2.24, 2.45) is 5.41 Å². The third-order valence-corrected chi connectivity index (χ3v) is 6.18. The number of halogens is 1. The molecular formula is C24H23ClN4O. The molecule has 2 aliphatic rings. The molecule has 6 heteroatoms. The Morgan fingerprint density at radius 3 is 2.77 bits per heavy atom. The van der Waals surface area contributed by atoms with Crippen LogP contribution in [0.25, 0.3) is 5.69 Å². The number of hydrogen-bond donors (Lipinski definition) is 1. The first-order valence-corrected chi connectivity index (χ1v) is 10.5. The standard InChI is InChI=1S/C24H23ClN4O/c1-14-20-21(15-6-5-9-26-13-15)22-18(11-24(2,3)12-19(22)30)27-23(20)29(28-14)17-8-4-7-16(25)10-17/h4-10,13,21,27H,11-12H2,1-3H3. The van der Waals surface area contributed by atoms with E-state index in [4.69, 9.17) is 16.7 Å². The van der Waals surface area contributed by atoms with E-state index in [2.05, 4.69) is 24.1 Å². The number of ketones is 1. The van der Waals surface area contributed by atoms with Crippen LogP contribution in [-0.4, -0.2) is 20.5 Å². The molecule has 1 N–H and O–H groups in total. The lowest BCUT2D eigenvalue weighted by Gasteiger charge is -2.38. The first-order valence-electron chi connectivity index (χ1n) is 10.1. The summed E-state index contributed by atoms with van der Waals surface area (Å²) in [5, 5.41) is 9.08. The van der Waals surface area contributed by atoms with Crippen molar-refractivity contribution in [1.29, 1.82) is 0 Å². The van der Waals surface area contributed by atoms with Gasteiger partial charge in [0.1, 0.15) is 5.82 Å². The van der Waals surface area contributed by atoms with Crippen LogP contribution < -0.4 is 5.32 Å². The third-order valence-electron chi connectivity index (χ3n) is 5.94. The molecule has 0 bridgehead atoms. The Kier molecular flexibility index (Phi) is 4.33. The highest BCUT2D eigenvalue weighted by molar-refractivity contribution is 6.30. The minimum Gasteiger partial charge on any atom is -0.343 e. The van der Waals surface area contributed by atoms with E-state index >= 15 is 0 Å². The number of carbonyl (C=O) groups is 1. The van der Waals surface area contributed by atoms with Crippen LogP contribution in [0, 0.1) is 12.3 Å². The number of rotatable bonds is 2. The van der Waals surface area contributed by atoms with Crippen LogP contribution >= 0.6 is 11.6 Å². The van der Waals surface area contributed by atoms with E-state index in [0.29, 0.717) is 11.4 Å². The van der Waals surface area contributed by atoms with Gasteiger partial charge in [0.15, 0.2) is 5.78 Å². The van der Waals surface area contributed by atoms with Crippen LogP contribution in [-0.2, 0) is 4.79 Å². The fourth-order valence-electron chi connectivity index (χ4n) is 4.75. The second-order valence-electron chi connectivity index (χ2n) is 8.92. The quantitative estimate of drug-likeness (QED) is 0.602. The number of Topliss-reactive ketones (excluding diaryl/α,β-unsaturated/α-hetero) is 1. The molecular weight excluding hydrogens is 396 g/mol. The Labute approximate surface area is 180 Å². The summed E-state index contributed by atoms with van der Waals surface area (Å²) in [6.07, 6.45) is 4.97. The van der Waals surface area contributed by atoms with E-state index in [1.807, 2.05) is 54.2 Å². The Morgan fingerprint density at radius 2 is 2.03 bits per heavy atom. The summed E-state index contributed by atoms with van der Waals surface area (Å²) >= 11 is 6.25. The molecule has 1 unspecified atom stereocenters. The Morgan fingerprint density at radius 1 is 1.20 bits per heavy atom. The number of nitrogens with one attached hydrogen (secondary N) is 1. The summed E-state index contributed by atoms with van der Waals surface area (Å²) in [6.45, 7) is 6.28. The molecule has 30 heavy (non-hydrogen) atoms. The van der Waals surface area contributed by atoms with Crippen LogP contribution in [0.2, 0.25) is 5.02 Å². The number of aryl methyl sites for hydroxylation is 1. The predicted molar refractivity (Wildman–Crippen MR) is 118 cm³/mol. The third kappa shape index (κ3) is 3.05. The average molecular weight is 419 g/mol. The van der Waals surface area contributed by atoms with Gasteiger partial charge in [-0.25, -0.2) is 4.68 Å². The molecule has 5 nitrogen and oxygen atoms in total. The maximum Gasteiger partial charge on any atom is 0.162 e. The normalized spacial score (nSPS) is 19.9. The van der Waals surface area contributed by atoms with Gasteiger partial charge in [0.25, 0.3) is 0 Å². The van der Waals surface area contributed by atoms with Gasteiger partial charge in [-0.2, -0.15) is 5.10 Å². The summed E-state index contributed by atoms with van der Waals surface area (Å²) in [5.74, 6) is 0.914. The van der Waals surface area contributed by atoms with E-state index < -0.39 is 0 Å². The fourth-order valence-corrected chi connectivity index (χ4v) is 4.93. The lowest BCUT2D eigenvalue weighted by atomic mass is 9.69. The van der Waals surface area contributed by atoms with Gasteiger partial charge in [-0.15, -0.1) is 0 Å².